The van der Waals surface area contributed by atoms with Crippen LogP contribution in [0.5, 0.6) is 0 Å². The summed E-state index contributed by atoms with van der Waals surface area (Å²) in [5.74, 6) is 2.65. The molecule has 19 heavy (non-hydrogen) atoms. The standard InChI is InChI=1S/C16H24O3/c1-4-18-11-7-12-10-5-14(13(12)8-11)15(6-10)19-16(17)9(2)3/h10-15H,2,4-8H2,1,3H3. The number of fused-ring (bicyclic) bond motifs is 5. The van der Waals surface area contributed by atoms with E-state index in [0.29, 0.717) is 17.6 Å². The Kier molecular flexibility index (Phi) is 3.42. The van der Waals surface area contributed by atoms with Gasteiger partial charge in [0.05, 0.1) is 6.10 Å². The van der Waals surface area contributed by atoms with Crippen LogP contribution in [-0.2, 0) is 14.3 Å². The van der Waals surface area contributed by atoms with Gasteiger partial charge in [-0.15, -0.1) is 0 Å². The molecule has 0 heterocycles. The molecule has 6 atom stereocenters. The third-order valence-electron chi connectivity index (χ3n) is 5.37. The molecule has 0 spiro atoms. The van der Waals surface area contributed by atoms with E-state index in [1.807, 2.05) is 0 Å². The predicted molar refractivity (Wildman–Crippen MR) is 72.5 cm³/mol. The van der Waals surface area contributed by atoms with Crippen molar-refractivity contribution in [3.63, 3.8) is 0 Å². The highest BCUT2D eigenvalue weighted by atomic mass is 16.5. The first-order chi connectivity index (χ1) is 9.10. The van der Waals surface area contributed by atoms with E-state index in [0.717, 1.165) is 30.8 Å². The SMILES string of the molecule is C=C(C)C(=O)OC1CC2CC1C1CC(OCC)CC21. The Labute approximate surface area is 115 Å². The number of hydrogen-bond acceptors (Lipinski definition) is 3. The van der Waals surface area contributed by atoms with Gasteiger partial charge in [-0.2, -0.15) is 0 Å². The zero-order chi connectivity index (χ0) is 13.6. The van der Waals surface area contributed by atoms with Crippen LogP contribution in [0.2, 0.25) is 0 Å². The minimum atomic E-state index is -0.214. The lowest BCUT2D eigenvalue weighted by Gasteiger charge is -2.30. The molecule has 0 aliphatic heterocycles. The van der Waals surface area contributed by atoms with Crippen LogP contribution in [0.25, 0.3) is 0 Å². The van der Waals surface area contributed by atoms with E-state index < -0.39 is 0 Å². The van der Waals surface area contributed by atoms with E-state index in [9.17, 15) is 4.79 Å². The molecule has 0 amide bonds. The Morgan fingerprint density at radius 2 is 1.89 bits per heavy atom. The van der Waals surface area contributed by atoms with E-state index in [1.54, 1.807) is 6.92 Å². The maximum Gasteiger partial charge on any atom is 0.333 e. The van der Waals surface area contributed by atoms with Crippen LogP contribution in [-0.4, -0.2) is 24.8 Å². The fourth-order valence-corrected chi connectivity index (χ4v) is 4.70. The van der Waals surface area contributed by atoms with Gasteiger partial charge < -0.3 is 9.47 Å². The second-order valence-corrected chi connectivity index (χ2v) is 6.50. The van der Waals surface area contributed by atoms with Gasteiger partial charge in [0.2, 0.25) is 0 Å². The lowest BCUT2D eigenvalue weighted by Crippen LogP contribution is -2.32. The van der Waals surface area contributed by atoms with Gasteiger partial charge >= 0.3 is 5.97 Å². The monoisotopic (exact) mass is 264 g/mol. The summed E-state index contributed by atoms with van der Waals surface area (Å²) >= 11 is 0. The molecule has 3 aliphatic rings. The van der Waals surface area contributed by atoms with E-state index in [-0.39, 0.29) is 12.1 Å². The molecule has 3 rings (SSSR count). The van der Waals surface area contributed by atoms with Crippen molar-refractivity contribution in [3.8, 4) is 0 Å². The van der Waals surface area contributed by atoms with E-state index >= 15 is 0 Å². The Bertz CT molecular complexity index is 389. The molecule has 0 radical (unpaired) electrons. The van der Waals surface area contributed by atoms with Crippen molar-refractivity contribution in [2.24, 2.45) is 23.7 Å². The van der Waals surface area contributed by atoms with Crippen LogP contribution in [0.4, 0.5) is 0 Å². The molecule has 0 aromatic rings. The molecular weight excluding hydrogens is 240 g/mol. The summed E-state index contributed by atoms with van der Waals surface area (Å²) in [5, 5.41) is 0. The van der Waals surface area contributed by atoms with Gasteiger partial charge in [0.25, 0.3) is 0 Å². The van der Waals surface area contributed by atoms with Crippen LogP contribution in [0.3, 0.4) is 0 Å². The first-order valence-electron chi connectivity index (χ1n) is 7.58. The predicted octanol–water partition coefficient (Wildman–Crippen LogP) is 2.95. The van der Waals surface area contributed by atoms with Crippen LogP contribution >= 0.6 is 0 Å². The second kappa shape index (κ2) is 4.93. The summed E-state index contributed by atoms with van der Waals surface area (Å²) in [6.45, 7) is 8.27. The molecule has 3 aliphatic carbocycles. The number of rotatable bonds is 4. The maximum atomic E-state index is 11.7. The normalized spacial score (nSPS) is 43.3. The number of carbonyl (C=O) groups is 1. The fraction of sp³-hybridized carbons (Fsp3) is 0.812. The first kappa shape index (κ1) is 13.2. The maximum absolute atomic E-state index is 11.7. The molecule has 0 aromatic carbocycles. The first-order valence-corrected chi connectivity index (χ1v) is 7.58. The highest BCUT2D eigenvalue weighted by molar-refractivity contribution is 5.87. The molecule has 3 saturated carbocycles. The lowest BCUT2D eigenvalue weighted by molar-refractivity contribution is -0.148. The smallest absolute Gasteiger partial charge is 0.333 e. The van der Waals surface area contributed by atoms with Crippen LogP contribution in [0.1, 0.15) is 39.5 Å². The van der Waals surface area contributed by atoms with Crippen LogP contribution in [0.15, 0.2) is 12.2 Å². The minimum Gasteiger partial charge on any atom is -0.459 e. The van der Waals surface area contributed by atoms with E-state index in [4.69, 9.17) is 9.47 Å². The van der Waals surface area contributed by atoms with E-state index in [1.165, 1.54) is 19.3 Å². The number of hydrogen-bond donors (Lipinski definition) is 0. The lowest BCUT2D eigenvalue weighted by atomic mass is 9.80. The molecule has 3 heteroatoms. The van der Waals surface area contributed by atoms with Gasteiger partial charge in [-0.3, -0.25) is 0 Å². The second-order valence-electron chi connectivity index (χ2n) is 6.50. The van der Waals surface area contributed by atoms with Crippen molar-refractivity contribution in [3.05, 3.63) is 12.2 Å². The fourth-order valence-electron chi connectivity index (χ4n) is 4.70. The zero-order valence-corrected chi connectivity index (χ0v) is 11.9. The number of esters is 1. The van der Waals surface area contributed by atoms with Gasteiger partial charge in [-0.1, -0.05) is 6.58 Å². The van der Waals surface area contributed by atoms with Crippen molar-refractivity contribution in [1.29, 1.82) is 0 Å². The zero-order valence-electron chi connectivity index (χ0n) is 11.9. The van der Waals surface area contributed by atoms with Gasteiger partial charge in [0, 0.05) is 12.2 Å². The van der Waals surface area contributed by atoms with Crippen molar-refractivity contribution in [1.82, 2.24) is 0 Å². The number of carbonyl (C=O) groups excluding carboxylic acids is 1. The van der Waals surface area contributed by atoms with Crippen molar-refractivity contribution >= 4 is 5.97 Å². The molecular formula is C16H24O3. The average molecular weight is 264 g/mol. The van der Waals surface area contributed by atoms with Gasteiger partial charge in [0.1, 0.15) is 6.10 Å². The van der Waals surface area contributed by atoms with Crippen LogP contribution < -0.4 is 0 Å². The third-order valence-corrected chi connectivity index (χ3v) is 5.37. The van der Waals surface area contributed by atoms with Gasteiger partial charge in [0.15, 0.2) is 0 Å². The third kappa shape index (κ3) is 2.22. The molecule has 0 aromatic heterocycles. The Balaban J connectivity index is 1.63. The molecule has 3 nitrogen and oxygen atoms in total. The topological polar surface area (TPSA) is 35.5 Å². The summed E-state index contributed by atoms with van der Waals surface area (Å²) in [5.41, 5.74) is 0.512. The van der Waals surface area contributed by atoms with Crippen molar-refractivity contribution in [2.75, 3.05) is 6.61 Å². The quantitative estimate of drug-likeness (QED) is 0.578. The molecule has 0 saturated heterocycles. The summed E-state index contributed by atoms with van der Waals surface area (Å²) in [7, 11) is 0. The van der Waals surface area contributed by atoms with Gasteiger partial charge in [-0.05, 0) is 63.2 Å². The summed E-state index contributed by atoms with van der Waals surface area (Å²) in [6.07, 6.45) is 5.28. The molecule has 3 fully saturated rings. The Morgan fingerprint density at radius 3 is 2.58 bits per heavy atom. The van der Waals surface area contributed by atoms with Crippen LogP contribution in [0, 0.1) is 23.7 Å². The highest BCUT2D eigenvalue weighted by Gasteiger charge is 2.57. The summed E-state index contributed by atoms with van der Waals surface area (Å²) in [6, 6.07) is 0. The average Bonchev–Trinajstić information content (AvgIpc) is 2.99. The van der Waals surface area contributed by atoms with Crippen molar-refractivity contribution in [2.45, 2.75) is 51.7 Å². The van der Waals surface area contributed by atoms with Crippen molar-refractivity contribution < 1.29 is 14.3 Å². The molecule has 106 valence electrons. The Morgan fingerprint density at radius 1 is 1.16 bits per heavy atom. The number of ether oxygens (including phenoxy) is 2. The summed E-state index contributed by atoms with van der Waals surface area (Å²) < 4.78 is 11.4. The summed E-state index contributed by atoms with van der Waals surface area (Å²) in [4.78, 5) is 11.7. The highest BCUT2D eigenvalue weighted by Crippen LogP contribution is 2.59. The molecule has 0 N–H and O–H groups in total. The molecule has 2 bridgehead atoms. The molecule has 6 unspecified atom stereocenters. The largest absolute Gasteiger partial charge is 0.459 e. The van der Waals surface area contributed by atoms with Gasteiger partial charge in [-0.25, -0.2) is 4.79 Å². The van der Waals surface area contributed by atoms with E-state index in [2.05, 4.69) is 13.5 Å². The minimum absolute atomic E-state index is 0.135. The Hall–Kier alpha value is -0.830.